The Balaban J connectivity index is 1.75. The van der Waals surface area contributed by atoms with E-state index in [1.807, 2.05) is 62.4 Å². The van der Waals surface area contributed by atoms with Crippen molar-refractivity contribution >= 4 is 21.6 Å². The molecule has 1 atom stereocenters. The van der Waals surface area contributed by atoms with E-state index in [1.165, 1.54) is 5.56 Å². The predicted octanol–water partition coefficient (Wildman–Crippen LogP) is 4.98. The van der Waals surface area contributed by atoms with Crippen LogP contribution in [0.3, 0.4) is 0 Å². The van der Waals surface area contributed by atoms with Crippen molar-refractivity contribution in [3.8, 4) is 11.5 Å². The summed E-state index contributed by atoms with van der Waals surface area (Å²) in [4.78, 5) is 0. The number of aromatic nitrogens is 2. The minimum atomic E-state index is -0.0622. The average Bonchev–Trinajstić information content (AvgIpc) is 3.00. The van der Waals surface area contributed by atoms with E-state index in [-0.39, 0.29) is 6.04 Å². The number of anilines is 1. The topological polar surface area (TPSA) is 51.0 Å². The summed E-state index contributed by atoms with van der Waals surface area (Å²) in [6, 6.07) is 15.9. The molecule has 0 fully saturated rings. The van der Waals surface area contributed by atoms with Crippen LogP contribution in [-0.2, 0) is 0 Å². The van der Waals surface area contributed by atoms with E-state index in [0.717, 1.165) is 15.7 Å². The van der Waals surface area contributed by atoms with Gasteiger partial charge in [0, 0.05) is 15.7 Å². The third-order valence-electron chi connectivity index (χ3n) is 3.34. The third-order valence-corrected chi connectivity index (χ3v) is 3.87. The number of nitrogens with zero attached hydrogens (tertiary/aromatic N) is 2. The lowest BCUT2D eigenvalue weighted by Crippen LogP contribution is -2.06. The summed E-state index contributed by atoms with van der Waals surface area (Å²) in [5, 5.41) is 11.6. The van der Waals surface area contributed by atoms with Crippen molar-refractivity contribution in [3.63, 3.8) is 0 Å². The number of aryl methyl sites for hydroxylation is 1. The van der Waals surface area contributed by atoms with Crippen LogP contribution in [-0.4, -0.2) is 10.2 Å². The zero-order valence-electron chi connectivity index (χ0n) is 12.4. The van der Waals surface area contributed by atoms with Crippen molar-refractivity contribution in [3.05, 3.63) is 64.5 Å². The smallest absolute Gasteiger partial charge is 0.247 e. The number of nitrogens with one attached hydrogen (secondary N) is 1. The van der Waals surface area contributed by atoms with Crippen LogP contribution in [0.2, 0.25) is 0 Å². The van der Waals surface area contributed by atoms with Gasteiger partial charge in [0.15, 0.2) is 0 Å². The fourth-order valence-corrected chi connectivity index (χ4v) is 2.34. The van der Waals surface area contributed by atoms with E-state index < -0.39 is 0 Å². The molecule has 22 heavy (non-hydrogen) atoms. The summed E-state index contributed by atoms with van der Waals surface area (Å²) in [7, 11) is 0. The molecule has 3 rings (SSSR count). The molecule has 3 aromatic rings. The van der Waals surface area contributed by atoms with Crippen LogP contribution < -0.4 is 5.32 Å². The second-order valence-electron chi connectivity index (χ2n) is 5.18. The third kappa shape index (κ3) is 3.36. The van der Waals surface area contributed by atoms with E-state index in [2.05, 4.69) is 31.4 Å². The van der Waals surface area contributed by atoms with E-state index in [4.69, 9.17) is 4.42 Å². The molecular formula is C17H16BrN3O. The van der Waals surface area contributed by atoms with Crippen LogP contribution in [0.15, 0.2) is 57.4 Å². The molecule has 0 aliphatic heterocycles. The van der Waals surface area contributed by atoms with Gasteiger partial charge in [-0.2, -0.15) is 0 Å². The number of benzene rings is 2. The van der Waals surface area contributed by atoms with Crippen molar-refractivity contribution in [2.75, 3.05) is 5.32 Å². The molecule has 0 saturated carbocycles. The van der Waals surface area contributed by atoms with Crippen LogP contribution in [0.5, 0.6) is 0 Å². The fourth-order valence-electron chi connectivity index (χ4n) is 2.08. The van der Waals surface area contributed by atoms with E-state index in [1.54, 1.807) is 0 Å². The lowest BCUT2D eigenvalue weighted by molar-refractivity contribution is 0.485. The highest BCUT2D eigenvalue weighted by Crippen LogP contribution is 2.24. The van der Waals surface area contributed by atoms with Gasteiger partial charge in [0.05, 0.1) is 0 Å². The van der Waals surface area contributed by atoms with Crippen LogP contribution in [0, 0.1) is 6.92 Å². The van der Waals surface area contributed by atoms with Crippen molar-refractivity contribution in [1.82, 2.24) is 10.2 Å². The van der Waals surface area contributed by atoms with Gasteiger partial charge in [0.2, 0.25) is 11.8 Å². The van der Waals surface area contributed by atoms with Gasteiger partial charge >= 0.3 is 0 Å². The van der Waals surface area contributed by atoms with Gasteiger partial charge in [-0.1, -0.05) is 33.6 Å². The maximum atomic E-state index is 5.77. The molecule has 0 radical (unpaired) electrons. The number of hydrogen-bond acceptors (Lipinski definition) is 4. The minimum absolute atomic E-state index is 0.0622. The standard InChI is InChI=1S/C17H16BrN3O/c1-11-3-5-13(6-4-11)17-21-20-16(22-17)12(2)19-15-9-7-14(18)8-10-15/h3-10,12,19H,1-2H3/t12-/m1/s1. The second kappa shape index (κ2) is 6.32. The Bertz CT molecular complexity index is 750. The molecule has 0 aliphatic carbocycles. The Morgan fingerprint density at radius 3 is 2.36 bits per heavy atom. The summed E-state index contributed by atoms with van der Waals surface area (Å²) < 4.78 is 6.82. The molecule has 0 aliphatic rings. The Hall–Kier alpha value is -2.14. The highest BCUT2D eigenvalue weighted by Gasteiger charge is 2.14. The maximum Gasteiger partial charge on any atom is 0.247 e. The molecule has 2 aromatic carbocycles. The quantitative estimate of drug-likeness (QED) is 0.715. The summed E-state index contributed by atoms with van der Waals surface area (Å²) in [6.07, 6.45) is 0. The van der Waals surface area contributed by atoms with Gasteiger partial charge in [-0.15, -0.1) is 10.2 Å². The molecule has 1 N–H and O–H groups in total. The predicted molar refractivity (Wildman–Crippen MR) is 90.7 cm³/mol. The molecule has 0 bridgehead atoms. The van der Waals surface area contributed by atoms with Crippen LogP contribution in [0.25, 0.3) is 11.5 Å². The largest absolute Gasteiger partial charge is 0.418 e. The van der Waals surface area contributed by atoms with Gasteiger partial charge in [-0.3, -0.25) is 0 Å². The number of halogens is 1. The summed E-state index contributed by atoms with van der Waals surface area (Å²) in [5.41, 5.74) is 3.14. The first-order chi connectivity index (χ1) is 10.6. The first kappa shape index (κ1) is 14.8. The molecule has 1 aromatic heterocycles. The van der Waals surface area contributed by atoms with Gasteiger partial charge in [-0.05, 0) is 50.2 Å². The average molecular weight is 358 g/mol. The molecule has 0 unspecified atom stereocenters. The van der Waals surface area contributed by atoms with Gasteiger partial charge in [0.1, 0.15) is 6.04 Å². The highest BCUT2D eigenvalue weighted by molar-refractivity contribution is 9.10. The van der Waals surface area contributed by atoms with Crippen molar-refractivity contribution in [2.45, 2.75) is 19.9 Å². The summed E-state index contributed by atoms with van der Waals surface area (Å²) >= 11 is 3.42. The Morgan fingerprint density at radius 1 is 1.00 bits per heavy atom. The lowest BCUT2D eigenvalue weighted by atomic mass is 10.1. The van der Waals surface area contributed by atoms with Gasteiger partial charge in [0.25, 0.3) is 0 Å². The zero-order valence-corrected chi connectivity index (χ0v) is 14.0. The molecule has 1 heterocycles. The van der Waals surface area contributed by atoms with E-state index in [0.29, 0.717) is 11.8 Å². The molecule has 0 amide bonds. The van der Waals surface area contributed by atoms with Crippen molar-refractivity contribution in [2.24, 2.45) is 0 Å². The molecular weight excluding hydrogens is 342 g/mol. The SMILES string of the molecule is Cc1ccc(-c2nnc([C@@H](C)Nc3ccc(Br)cc3)o2)cc1. The van der Waals surface area contributed by atoms with Crippen LogP contribution >= 0.6 is 15.9 Å². The monoisotopic (exact) mass is 357 g/mol. The molecule has 112 valence electrons. The van der Waals surface area contributed by atoms with Gasteiger partial charge in [-0.25, -0.2) is 0 Å². The molecule has 0 saturated heterocycles. The summed E-state index contributed by atoms with van der Waals surface area (Å²) in [5.74, 6) is 1.11. The van der Waals surface area contributed by atoms with E-state index >= 15 is 0 Å². The normalized spacial score (nSPS) is 12.1. The Kier molecular flexibility index (Phi) is 4.24. The first-order valence-electron chi connectivity index (χ1n) is 7.04. The molecule has 0 spiro atoms. The van der Waals surface area contributed by atoms with Crippen LogP contribution in [0.4, 0.5) is 5.69 Å². The Labute approximate surface area is 137 Å². The van der Waals surface area contributed by atoms with E-state index in [9.17, 15) is 0 Å². The summed E-state index contributed by atoms with van der Waals surface area (Å²) in [6.45, 7) is 4.04. The fraction of sp³-hybridized carbons (Fsp3) is 0.176. The first-order valence-corrected chi connectivity index (χ1v) is 7.83. The molecule has 4 nitrogen and oxygen atoms in total. The zero-order chi connectivity index (χ0) is 15.5. The van der Waals surface area contributed by atoms with Crippen molar-refractivity contribution in [1.29, 1.82) is 0 Å². The van der Waals surface area contributed by atoms with Crippen molar-refractivity contribution < 1.29 is 4.42 Å². The minimum Gasteiger partial charge on any atom is -0.418 e. The van der Waals surface area contributed by atoms with Gasteiger partial charge < -0.3 is 9.73 Å². The Morgan fingerprint density at radius 2 is 1.68 bits per heavy atom. The second-order valence-corrected chi connectivity index (χ2v) is 6.10. The van der Waals surface area contributed by atoms with Crippen LogP contribution in [0.1, 0.15) is 24.4 Å². The number of rotatable bonds is 4. The molecule has 5 heteroatoms. The highest BCUT2D eigenvalue weighted by atomic mass is 79.9. The maximum absolute atomic E-state index is 5.77. The lowest BCUT2D eigenvalue weighted by Gasteiger charge is -2.11. The number of hydrogen-bond donors (Lipinski definition) is 1.